The van der Waals surface area contributed by atoms with Gasteiger partial charge in [-0.3, -0.25) is 4.79 Å². The third-order valence-corrected chi connectivity index (χ3v) is 5.33. The molecule has 0 aromatic heterocycles. The van der Waals surface area contributed by atoms with Gasteiger partial charge in [0.25, 0.3) is 5.91 Å². The van der Waals surface area contributed by atoms with Crippen LogP contribution in [0.3, 0.4) is 0 Å². The highest BCUT2D eigenvalue weighted by molar-refractivity contribution is 6.01. The van der Waals surface area contributed by atoms with Gasteiger partial charge in [-0.25, -0.2) is 0 Å². The van der Waals surface area contributed by atoms with Crippen LogP contribution in [-0.2, 0) is 0 Å². The highest BCUT2D eigenvalue weighted by Crippen LogP contribution is 2.49. The first-order chi connectivity index (χ1) is 11.2. The van der Waals surface area contributed by atoms with Gasteiger partial charge in [0.1, 0.15) is 0 Å². The summed E-state index contributed by atoms with van der Waals surface area (Å²) in [5, 5.41) is 0. The van der Waals surface area contributed by atoms with Gasteiger partial charge in [0.2, 0.25) is 0 Å². The van der Waals surface area contributed by atoms with Gasteiger partial charge in [-0.1, -0.05) is 48.0 Å². The number of piperidine rings is 1. The summed E-state index contributed by atoms with van der Waals surface area (Å²) in [5.74, 6) is 1.44. The van der Waals surface area contributed by atoms with E-state index < -0.39 is 0 Å². The van der Waals surface area contributed by atoms with Crippen LogP contribution in [0.5, 0.6) is 0 Å². The zero-order chi connectivity index (χ0) is 16.0. The van der Waals surface area contributed by atoms with E-state index in [9.17, 15) is 4.79 Å². The topological polar surface area (TPSA) is 46.3 Å². The molecule has 2 aromatic carbocycles. The summed E-state index contributed by atoms with van der Waals surface area (Å²) in [6.45, 7) is 3.51. The smallest absolute Gasteiger partial charge is 0.254 e. The number of nitrogens with zero attached hydrogens (tertiary/aromatic N) is 1. The lowest BCUT2D eigenvalue weighted by Crippen LogP contribution is -2.42. The van der Waals surface area contributed by atoms with Crippen LogP contribution in [0.25, 0.3) is 11.1 Å². The predicted molar refractivity (Wildman–Crippen MR) is 92.1 cm³/mol. The molecular weight excluding hydrogens is 284 g/mol. The lowest BCUT2D eigenvalue weighted by Gasteiger charge is -2.27. The molecule has 4 rings (SSSR count). The van der Waals surface area contributed by atoms with E-state index >= 15 is 0 Å². The number of amides is 1. The third-order valence-electron chi connectivity index (χ3n) is 5.33. The first-order valence-corrected chi connectivity index (χ1v) is 8.36. The zero-order valence-corrected chi connectivity index (χ0v) is 13.4. The van der Waals surface area contributed by atoms with Crippen LogP contribution < -0.4 is 5.73 Å². The maximum atomic E-state index is 13.1. The van der Waals surface area contributed by atoms with Crippen molar-refractivity contribution in [3.05, 3.63) is 59.7 Å². The fourth-order valence-electron chi connectivity index (χ4n) is 3.92. The van der Waals surface area contributed by atoms with E-state index in [1.165, 1.54) is 12.0 Å². The molecule has 2 aromatic rings. The Morgan fingerprint density at radius 1 is 1.17 bits per heavy atom. The van der Waals surface area contributed by atoms with Crippen molar-refractivity contribution in [2.75, 3.05) is 13.1 Å². The molecule has 1 saturated carbocycles. The molecule has 0 spiro atoms. The second-order valence-corrected chi connectivity index (χ2v) is 6.83. The monoisotopic (exact) mass is 306 g/mol. The maximum absolute atomic E-state index is 13.1. The zero-order valence-electron chi connectivity index (χ0n) is 13.4. The van der Waals surface area contributed by atoms with Crippen molar-refractivity contribution in [3.63, 3.8) is 0 Å². The van der Waals surface area contributed by atoms with E-state index in [4.69, 9.17) is 5.73 Å². The molecule has 2 fully saturated rings. The molecule has 2 N–H and O–H groups in total. The van der Waals surface area contributed by atoms with Crippen LogP contribution in [0.2, 0.25) is 0 Å². The minimum Gasteiger partial charge on any atom is -0.334 e. The fourth-order valence-corrected chi connectivity index (χ4v) is 3.92. The number of aryl methyl sites for hydroxylation is 1. The summed E-state index contributed by atoms with van der Waals surface area (Å²) in [4.78, 5) is 15.1. The van der Waals surface area contributed by atoms with Gasteiger partial charge in [0, 0.05) is 24.7 Å². The average Bonchev–Trinajstić information content (AvgIpc) is 3.26. The number of hydrogen-bond acceptors (Lipinski definition) is 2. The van der Waals surface area contributed by atoms with Gasteiger partial charge in [0.15, 0.2) is 0 Å². The number of carbonyl (C=O) groups excluding carboxylic acids is 1. The van der Waals surface area contributed by atoms with Gasteiger partial charge in [0.05, 0.1) is 0 Å². The van der Waals surface area contributed by atoms with Crippen molar-refractivity contribution in [2.45, 2.75) is 19.4 Å². The normalized spacial score (nSPS) is 25.3. The van der Waals surface area contributed by atoms with Crippen LogP contribution in [0.15, 0.2) is 48.5 Å². The molecule has 3 nitrogen and oxygen atoms in total. The Bertz CT molecular complexity index is 738. The van der Waals surface area contributed by atoms with Crippen molar-refractivity contribution in [1.29, 1.82) is 0 Å². The number of hydrogen-bond donors (Lipinski definition) is 1. The van der Waals surface area contributed by atoms with E-state index in [1.54, 1.807) is 0 Å². The molecule has 0 unspecified atom stereocenters. The van der Waals surface area contributed by atoms with Gasteiger partial charge in [-0.05, 0) is 42.4 Å². The van der Waals surface area contributed by atoms with Crippen molar-refractivity contribution >= 4 is 5.91 Å². The van der Waals surface area contributed by atoms with E-state index in [0.29, 0.717) is 18.4 Å². The number of rotatable bonds is 3. The van der Waals surface area contributed by atoms with Crippen LogP contribution in [-0.4, -0.2) is 29.9 Å². The van der Waals surface area contributed by atoms with Crippen LogP contribution >= 0.6 is 0 Å². The van der Waals surface area contributed by atoms with Crippen molar-refractivity contribution in [3.8, 4) is 11.1 Å². The van der Waals surface area contributed by atoms with E-state index in [1.807, 2.05) is 29.2 Å². The standard InChI is InChI=1S/C20H22N2O/c1-13-6-8-14(9-7-13)16-4-2-3-5-17(16)20(23)22-12-15-10-18(15)19(22)11-21/h2-9,15,18-19H,10-12,21H2,1H3/t15-,18-,19+/m0/s1. The second-order valence-electron chi connectivity index (χ2n) is 6.83. The summed E-state index contributed by atoms with van der Waals surface area (Å²) >= 11 is 0. The van der Waals surface area contributed by atoms with Crippen molar-refractivity contribution in [1.82, 2.24) is 4.90 Å². The molecule has 1 heterocycles. The SMILES string of the molecule is Cc1ccc(-c2ccccc2C(=O)N2C[C@@H]3C[C@@H]3[C@H]2CN)cc1. The van der Waals surface area contributed by atoms with E-state index in [-0.39, 0.29) is 11.9 Å². The molecule has 0 radical (unpaired) electrons. The summed E-state index contributed by atoms with van der Waals surface area (Å²) in [5.41, 5.74) is 10.0. The Kier molecular flexibility index (Phi) is 3.46. The lowest BCUT2D eigenvalue weighted by molar-refractivity contribution is 0.0713. The Hall–Kier alpha value is -2.13. The third kappa shape index (κ3) is 2.45. The minimum absolute atomic E-state index is 0.129. The predicted octanol–water partition coefficient (Wildman–Crippen LogP) is 3.08. The highest BCUT2D eigenvalue weighted by Gasteiger charge is 2.53. The first-order valence-electron chi connectivity index (χ1n) is 8.36. The largest absolute Gasteiger partial charge is 0.334 e. The van der Waals surface area contributed by atoms with Crippen LogP contribution in [0.1, 0.15) is 22.3 Å². The highest BCUT2D eigenvalue weighted by atomic mass is 16.2. The Balaban J connectivity index is 1.69. The number of fused-ring (bicyclic) bond motifs is 1. The Labute approximate surface area is 137 Å². The quantitative estimate of drug-likeness (QED) is 0.947. The molecule has 1 aliphatic heterocycles. The summed E-state index contributed by atoms with van der Waals surface area (Å²) in [7, 11) is 0. The molecule has 2 aliphatic rings. The Morgan fingerprint density at radius 2 is 1.91 bits per heavy atom. The van der Waals surface area contributed by atoms with E-state index in [2.05, 4.69) is 31.2 Å². The molecule has 118 valence electrons. The molecule has 0 bridgehead atoms. The van der Waals surface area contributed by atoms with Crippen LogP contribution in [0.4, 0.5) is 0 Å². The molecule has 1 amide bonds. The van der Waals surface area contributed by atoms with Gasteiger partial charge in [-0.2, -0.15) is 0 Å². The molecule has 3 atom stereocenters. The maximum Gasteiger partial charge on any atom is 0.254 e. The molecular formula is C20H22N2O. The fraction of sp³-hybridized carbons (Fsp3) is 0.350. The summed E-state index contributed by atoms with van der Waals surface area (Å²) < 4.78 is 0. The Morgan fingerprint density at radius 3 is 2.65 bits per heavy atom. The number of nitrogens with two attached hydrogens (primary N) is 1. The van der Waals surface area contributed by atoms with Gasteiger partial charge >= 0.3 is 0 Å². The summed E-state index contributed by atoms with van der Waals surface area (Å²) in [6.07, 6.45) is 1.24. The molecule has 1 aliphatic carbocycles. The van der Waals surface area contributed by atoms with Crippen molar-refractivity contribution in [2.24, 2.45) is 17.6 Å². The molecule has 3 heteroatoms. The lowest BCUT2D eigenvalue weighted by atomic mass is 9.97. The second kappa shape index (κ2) is 5.50. The van der Waals surface area contributed by atoms with Gasteiger partial charge < -0.3 is 10.6 Å². The first kappa shape index (κ1) is 14.5. The molecule has 1 saturated heterocycles. The van der Waals surface area contributed by atoms with E-state index in [0.717, 1.165) is 23.2 Å². The number of likely N-dealkylation sites (tertiary alicyclic amines) is 1. The van der Waals surface area contributed by atoms with Crippen LogP contribution in [0, 0.1) is 18.8 Å². The van der Waals surface area contributed by atoms with Gasteiger partial charge in [-0.15, -0.1) is 0 Å². The number of benzene rings is 2. The number of carbonyl (C=O) groups is 1. The summed E-state index contributed by atoms with van der Waals surface area (Å²) in [6, 6.07) is 16.5. The minimum atomic E-state index is 0.129. The molecule has 23 heavy (non-hydrogen) atoms. The average molecular weight is 306 g/mol. The van der Waals surface area contributed by atoms with Crippen molar-refractivity contribution < 1.29 is 4.79 Å².